The molecule has 250 valence electrons. The van der Waals surface area contributed by atoms with Crippen LogP contribution >= 0.6 is 0 Å². The molecule has 4 fully saturated rings. The predicted molar refractivity (Wildman–Crippen MR) is 170 cm³/mol. The van der Waals surface area contributed by atoms with Gasteiger partial charge >= 0.3 is 0 Å². The molecule has 4 aliphatic rings. The molecule has 46 heavy (non-hydrogen) atoms. The van der Waals surface area contributed by atoms with Crippen LogP contribution in [0.2, 0.25) is 0 Å². The molecule has 2 aliphatic heterocycles. The van der Waals surface area contributed by atoms with Gasteiger partial charge in [0.05, 0.1) is 13.2 Å². The van der Waals surface area contributed by atoms with Gasteiger partial charge in [0.1, 0.15) is 17.5 Å². The van der Waals surface area contributed by atoms with E-state index in [4.69, 9.17) is 9.47 Å². The molecule has 6 rings (SSSR count). The molecule has 0 bridgehead atoms. The second kappa shape index (κ2) is 14.0. The number of aromatic nitrogens is 1. The Labute approximate surface area is 269 Å². The number of rotatable bonds is 12. The molecule has 1 spiro atoms. The fraction of sp³-hybridized carbons (Fsp3) is 0.647. The van der Waals surface area contributed by atoms with Crippen LogP contribution in [-0.2, 0) is 19.1 Å². The minimum atomic E-state index is -1.55. The van der Waals surface area contributed by atoms with Crippen molar-refractivity contribution < 1.29 is 33.8 Å². The first-order valence-corrected chi connectivity index (χ1v) is 16.9. The molecule has 1 aromatic heterocycles. The maximum atomic E-state index is 14.1. The number of amides is 4. The van der Waals surface area contributed by atoms with E-state index in [9.17, 15) is 24.3 Å². The van der Waals surface area contributed by atoms with Crippen LogP contribution in [0.3, 0.4) is 0 Å². The number of aromatic amines is 1. The number of methoxy groups -OCH3 is 1. The molecule has 12 nitrogen and oxygen atoms in total. The van der Waals surface area contributed by atoms with E-state index >= 15 is 0 Å². The predicted octanol–water partition coefficient (Wildman–Crippen LogP) is 2.45. The van der Waals surface area contributed by atoms with Crippen molar-refractivity contribution in [2.24, 2.45) is 11.8 Å². The minimum Gasteiger partial charge on any atom is -0.496 e. The highest BCUT2D eigenvalue weighted by Gasteiger charge is 2.47. The molecule has 2 aliphatic carbocycles. The largest absolute Gasteiger partial charge is 0.496 e. The van der Waals surface area contributed by atoms with Crippen molar-refractivity contribution in [1.29, 1.82) is 0 Å². The summed E-state index contributed by atoms with van der Waals surface area (Å²) in [6.07, 6.45) is 7.86. The van der Waals surface area contributed by atoms with Crippen LogP contribution in [0.25, 0.3) is 10.9 Å². The molecule has 4 atom stereocenters. The molecular formula is C34H47N5O7. The normalized spacial score (nSPS) is 23.3. The van der Waals surface area contributed by atoms with Crippen LogP contribution in [-0.4, -0.2) is 83.8 Å². The molecular weight excluding hydrogens is 590 g/mol. The van der Waals surface area contributed by atoms with Crippen molar-refractivity contribution in [3.05, 3.63) is 30.0 Å². The molecule has 12 heteroatoms. The molecule has 3 heterocycles. The highest BCUT2D eigenvalue weighted by atomic mass is 16.5. The van der Waals surface area contributed by atoms with Crippen molar-refractivity contribution >= 4 is 34.5 Å². The summed E-state index contributed by atoms with van der Waals surface area (Å²) in [6, 6.07) is 5.31. The number of carbonyl (C=O) groups excluding carboxylic acids is 4. The SMILES string of the molecule is COc1cccc2[nH]c(C(=O)N[C@@H](CC3CCCCC3)C(=O)NC(CC3CC4(CCOCC4)NC3=O)C(O)C(=O)NC3CC3)cc12. The first-order valence-electron chi connectivity index (χ1n) is 16.9. The van der Waals surface area contributed by atoms with Crippen molar-refractivity contribution in [3.8, 4) is 5.75 Å². The third kappa shape index (κ3) is 7.49. The lowest BCUT2D eigenvalue weighted by Gasteiger charge is -2.33. The van der Waals surface area contributed by atoms with Gasteiger partial charge in [-0.15, -0.1) is 0 Å². The average molecular weight is 638 g/mol. The van der Waals surface area contributed by atoms with Gasteiger partial charge in [-0.25, -0.2) is 0 Å². The maximum absolute atomic E-state index is 14.1. The first kappa shape index (κ1) is 32.3. The smallest absolute Gasteiger partial charge is 0.268 e. The fourth-order valence-corrected chi connectivity index (χ4v) is 7.47. The molecule has 2 saturated carbocycles. The zero-order chi connectivity index (χ0) is 32.3. The van der Waals surface area contributed by atoms with Gasteiger partial charge in [-0.05, 0) is 69.1 Å². The van der Waals surface area contributed by atoms with E-state index in [1.165, 1.54) is 0 Å². The summed E-state index contributed by atoms with van der Waals surface area (Å²) in [5.41, 5.74) is 0.667. The van der Waals surface area contributed by atoms with Gasteiger partial charge in [0.2, 0.25) is 11.8 Å². The highest BCUT2D eigenvalue weighted by Crippen LogP contribution is 2.36. The van der Waals surface area contributed by atoms with Gasteiger partial charge < -0.3 is 40.8 Å². The van der Waals surface area contributed by atoms with Crippen molar-refractivity contribution in [3.63, 3.8) is 0 Å². The average Bonchev–Trinajstić information content (AvgIpc) is 3.68. The second-order valence-corrected chi connectivity index (χ2v) is 13.7. The van der Waals surface area contributed by atoms with Crippen LogP contribution < -0.4 is 26.0 Å². The van der Waals surface area contributed by atoms with Crippen molar-refractivity contribution in [2.75, 3.05) is 20.3 Å². The third-order valence-electron chi connectivity index (χ3n) is 10.3. The summed E-state index contributed by atoms with van der Waals surface area (Å²) in [5.74, 6) is -1.22. The van der Waals surface area contributed by atoms with E-state index in [-0.39, 0.29) is 29.8 Å². The number of fused-ring (bicyclic) bond motifs is 1. The maximum Gasteiger partial charge on any atom is 0.268 e. The Morgan fingerprint density at radius 2 is 1.80 bits per heavy atom. The number of aliphatic hydroxyl groups excluding tert-OH is 1. The van der Waals surface area contributed by atoms with E-state index in [0.29, 0.717) is 50.3 Å². The lowest BCUT2D eigenvalue weighted by atomic mass is 9.83. The highest BCUT2D eigenvalue weighted by molar-refractivity contribution is 6.01. The van der Waals surface area contributed by atoms with E-state index in [0.717, 1.165) is 55.8 Å². The third-order valence-corrected chi connectivity index (χ3v) is 10.3. The number of nitrogens with one attached hydrogen (secondary N) is 5. The molecule has 3 unspecified atom stereocenters. The number of carbonyl (C=O) groups is 4. The van der Waals surface area contributed by atoms with E-state index < -0.39 is 41.8 Å². The Balaban J connectivity index is 1.21. The van der Waals surface area contributed by atoms with Crippen LogP contribution in [0, 0.1) is 11.8 Å². The van der Waals surface area contributed by atoms with Gasteiger partial charge in [0.15, 0.2) is 6.10 Å². The summed E-state index contributed by atoms with van der Waals surface area (Å²) in [6.45, 7) is 1.12. The Bertz CT molecular complexity index is 1430. The number of ether oxygens (including phenoxy) is 2. The second-order valence-electron chi connectivity index (χ2n) is 13.7. The Kier molecular flexibility index (Phi) is 9.84. The van der Waals surface area contributed by atoms with E-state index in [2.05, 4.69) is 26.3 Å². The quantitative estimate of drug-likeness (QED) is 0.208. The first-order chi connectivity index (χ1) is 22.2. The lowest BCUT2D eigenvalue weighted by Crippen LogP contribution is -2.56. The Hall–Kier alpha value is -3.64. The summed E-state index contributed by atoms with van der Waals surface area (Å²) in [7, 11) is 1.57. The minimum absolute atomic E-state index is 0.0204. The van der Waals surface area contributed by atoms with Crippen LogP contribution in [0.5, 0.6) is 5.75 Å². The molecule has 2 aromatic rings. The zero-order valence-corrected chi connectivity index (χ0v) is 26.6. The standard InChI is InChI=1S/C34H47N5O7/c1-45-28-9-5-8-24-23(28)18-27(36-24)32(43)38-26(16-20-6-3-2-4-7-20)31(42)37-25(29(40)33(44)35-22-10-11-22)17-21-19-34(39-30(21)41)12-14-46-15-13-34/h5,8-9,18,20-22,25-26,29,36,40H,2-4,6-7,10-17,19H2,1H3,(H,35,44)(H,37,42)(H,38,43)(H,39,41)/t21?,25?,26-,29?/m0/s1. The Morgan fingerprint density at radius 3 is 2.52 bits per heavy atom. The van der Waals surface area contributed by atoms with Gasteiger partial charge in [0.25, 0.3) is 11.8 Å². The van der Waals surface area contributed by atoms with Crippen molar-refractivity contribution in [1.82, 2.24) is 26.3 Å². The number of H-pyrrole nitrogens is 1. The topological polar surface area (TPSA) is 171 Å². The monoisotopic (exact) mass is 637 g/mol. The fourth-order valence-electron chi connectivity index (χ4n) is 7.47. The molecule has 1 aromatic carbocycles. The number of benzene rings is 1. The number of aliphatic hydroxyl groups is 1. The van der Waals surface area contributed by atoms with E-state index in [1.54, 1.807) is 13.2 Å². The number of hydrogen-bond donors (Lipinski definition) is 6. The van der Waals surface area contributed by atoms with Crippen LogP contribution in [0.1, 0.15) is 87.5 Å². The van der Waals surface area contributed by atoms with E-state index in [1.807, 2.05) is 18.2 Å². The van der Waals surface area contributed by atoms with Gasteiger partial charge in [0, 0.05) is 41.6 Å². The molecule has 0 radical (unpaired) electrons. The van der Waals surface area contributed by atoms with Gasteiger partial charge in [-0.1, -0.05) is 38.2 Å². The van der Waals surface area contributed by atoms with Gasteiger partial charge in [-0.2, -0.15) is 0 Å². The number of hydrogen-bond acceptors (Lipinski definition) is 7. The lowest BCUT2D eigenvalue weighted by molar-refractivity contribution is -0.134. The van der Waals surface area contributed by atoms with Crippen LogP contribution in [0.4, 0.5) is 0 Å². The van der Waals surface area contributed by atoms with Crippen molar-refractivity contribution in [2.45, 2.75) is 107 Å². The Morgan fingerprint density at radius 1 is 1.04 bits per heavy atom. The summed E-state index contributed by atoms with van der Waals surface area (Å²) in [5, 5.41) is 23.9. The molecule has 2 saturated heterocycles. The van der Waals surface area contributed by atoms with Gasteiger partial charge in [-0.3, -0.25) is 19.2 Å². The summed E-state index contributed by atoms with van der Waals surface area (Å²) < 4.78 is 11.0. The summed E-state index contributed by atoms with van der Waals surface area (Å²) in [4.78, 5) is 57.0. The zero-order valence-electron chi connectivity index (χ0n) is 26.6. The van der Waals surface area contributed by atoms with Crippen LogP contribution in [0.15, 0.2) is 24.3 Å². The molecule has 4 amide bonds. The summed E-state index contributed by atoms with van der Waals surface area (Å²) >= 11 is 0. The molecule has 6 N–H and O–H groups in total.